The lowest BCUT2D eigenvalue weighted by atomic mass is 10.0. The Kier molecular flexibility index (Phi) is 34.5. The minimum absolute atomic E-state index is 0.0625. The van der Waals surface area contributed by atoms with Crippen molar-refractivity contribution < 1.29 is 102 Å². The molecule has 25 N–H and O–H groups in total. The van der Waals surface area contributed by atoms with Crippen molar-refractivity contribution in [2.75, 3.05) is 51.6 Å². The number of amides is 14. The molecule has 0 aromatic carbocycles. The van der Waals surface area contributed by atoms with E-state index >= 15 is 0 Å². The lowest BCUT2D eigenvalue weighted by Crippen LogP contribution is -2.59. The largest absolute Gasteiger partial charge is 0.481 e. The number of nitrogens with two attached hydrogens (primary N) is 4. The average molecular weight is 1360 g/mol. The van der Waals surface area contributed by atoms with E-state index in [-0.39, 0.29) is 38.3 Å². The number of nitrogens with one attached hydrogen (secondary N) is 13. The first-order valence-corrected chi connectivity index (χ1v) is 29.6. The van der Waals surface area contributed by atoms with E-state index in [0.717, 1.165) is 11.8 Å². The van der Waals surface area contributed by atoms with E-state index in [0.29, 0.717) is 18.5 Å². The highest BCUT2D eigenvalue weighted by Gasteiger charge is 2.38. The summed E-state index contributed by atoms with van der Waals surface area (Å²) in [6.45, 7) is -0.0130. The fourth-order valence-corrected chi connectivity index (χ4v) is 8.75. The lowest BCUT2D eigenvalue weighted by molar-refractivity contribution is -0.144. The summed E-state index contributed by atoms with van der Waals surface area (Å²) >= 11 is 4.05. The van der Waals surface area contributed by atoms with Gasteiger partial charge >= 0.3 is 17.9 Å². The molecule has 10 atom stereocenters. The molecular formula is C52H82N20O21S. The van der Waals surface area contributed by atoms with Crippen LogP contribution in [0.5, 0.6) is 0 Å². The quantitative estimate of drug-likeness (QED) is 0.0125. The summed E-state index contributed by atoms with van der Waals surface area (Å²) in [6, 6.07) is -15.4. The second-order valence-corrected chi connectivity index (χ2v) is 21.7. The number of likely N-dealkylation sites (tertiary alicyclic amines) is 1. The van der Waals surface area contributed by atoms with Gasteiger partial charge in [-0.25, -0.2) is 9.78 Å². The zero-order valence-electron chi connectivity index (χ0n) is 51.4. The van der Waals surface area contributed by atoms with Crippen LogP contribution in [0.25, 0.3) is 0 Å². The number of aliphatic carboxylic acids is 3. The van der Waals surface area contributed by atoms with Crippen LogP contribution in [0.1, 0.15) is 77.8 Å². The second kappa shape index (κ2) is 40.6. The van der Waals surface area contributed by atoms with E-state index in [1.54, 1.807) is 13.8 Å². The molecule has 94 heavy (non-hydrogen) atoms. The van der Waals surface area contributed by atoms with Gasteiger partial charge in [-0.2, -0.15) is 12.6 Å². The maximum atomic E-state index is 13.6. The molecule has 1 aromatic heterocycles. The second-order valence-electron chi connectivity index (χ2n) is 21.4. The summed E-state index contributed by atoms with van der Waals surface area (Å²) in [5, 5.41) is 65.0. The highest BCUT2D eigenvalue weighted by Crippen LogP contribution is 2.18. The summed E-state index contributed by atoms with van der Waals surface area (Å²) in [6.07, 6.45) is 0.317. The number of hydrogen-bond donors (Lipinski definition) is 22. The van der Waals surface area contributed by atoms with E-state index in [4.69, 9.17) is 22.9 Å². The van der Waals surface area contributed by atoms with Gasteiger partial charge in [0.25, 0.3) is 0 Å². The first-order valence-electron chi connectivity index (χ1n) is 28.9. The minimum Gasteiger partial charge on any atom is -0.481 e. The molecule has 2 heterocycles. The maximum Gasteiger partial charge on any atom is 0.326 e. The normalized spacial score (nSPS) is 15.3. The summed E-state index contributed by atoms with van der Waals surface area (Å²) in [7, 11) is 0. The molecule has 14 amide bonds. The van der Waals surface area contributed by atoms with E-state index in [9.17, 15) is 102 Å². The molecular weight excluding hydrogens is 1270 g/mol. The highest BCUT2D eigenvalue weighted by atomic mass is 32.1. The summed E-state index contributed by atoms with van der Waals surface area (Å²) in [5.74, 6) is -20.2. The van der Waals surface area contributed by atoms with Gasteiger partial charge in [0.05, 0.1) is 58.0 Å². The van der Waals surface area contributed by atoms with Gasteiger partial charge in [-0.05, 0) is 44.9 Å². The number of nitrogens with zero attached hydrogens (tertiary/aromatic N) is 3. The third kappa shape index (κ3) is 29.4. The monoisotopic (exact) mass is 1350 g/mol. The zero-order chi connectivity index (χ0) is 70.9. The fraction of sp³-hybridized carbons (Fsp3) is 0.596. The Morgan fingerprint density at radius 3 is 1.68 bits per heavy atom. The van der Waals surface area contributed by atoms with Gasteiger partial charge in [0, 0.05) is 43.6 Å². The van der Waals surface area contributed by atoms with Crippen molar-refractivity contribution in [2.45, 2.75) is 139 Å². The molecule has 42 heteroatoms. The summed E-state index contributed by atoms with van der Waals surface area (Å²) in [5.41, 5.74) is 22.0. The number of aliphatic hydroxyl groups is 1. The Morgan fingerprint density at radius 1 is 0.628 bits per heavy atom. The van der Waals surface area contributed by atoms with Gasteiger partial charge in [0.2, 0.25) is 82.7 Å². The van der Waals surface area contributed by atoms with Gasteiger partial charge in [0.15, 0.2) is 5.96 Å². The number of imidazole rings is 1. The van der Waals surface area contributed by atoms with Crippen LogP contribution in [0.15, 0.2) is 17.5 Å². The minimum atomic E-state index is -2.01. The van der Waals surface area contributed by atoms with Crippen molar-refractivity contribution in [3.05, 3.63) is 18.2 Å². The standard InChI is InChI=1S/C52H82N20O21S/c1-23(2)41(51(92)93)71-48(89)28(12-25-15-57-22-63-25)68-50(91)33-7-5-11-72(33)38(78)19-59-35(75)16-61-45(86)31(20-73)69-47(88)30(14-40(81)82)66-37(77)18-62-44(85)27(8-9-34(54)74)67-49(90)32(21-94)70-42(83)24(3)64-46(87)29(13-39(79)80)65-36(76)17-60-43(84)26(53)6-4-10-58-52(55)56/h15,22-24,26-33,41,73,94H,4-14,16-21,53H2,1-3H3,(H2,54,74)(H,57,63)(H,59,75)(H,60,84)(H,61,86)(H,62,85)(H,64,87)(H,65,76)(H,66,77)(H,67,90)(H,68,91)(H,69,88)(H,70,83)(H,71,89)(H,79,80)(H,81,82)(H,92,93)(H4,55,56,58)/t24-,26-,27-,28-,29-,30-,31-,32-,33-,41-/m0/s1. The zero-order valence-corrected chi connectivity index (χ0v) is 52.2. The number of guanidine groups is 1. The molecule has 0 aliphatic carbocycles. The van der Waals surface area contributed by atoms with Gasteiger partial charge in [0.1, 0.15) is 54.4 Å². The molecule has 41 nitrogen and oxygen atoms in total. The number of rotatable bonds is 42. The number of aliphatic hydroxyl groups excluding tert-OH is 1. The number of carbonyl (C=O) groups is 17. The molecule has 0 bridgehead atoms. The topological polar surface area (TPSA) is 664 Å². The number of carboxylic acids is 3. The van der Waals surface area contributed by atoms with Crippen molar-refractivity contribution in [2.24, 2.45) is 33.8 Å². The van der Waals surface area contributed by atoms with Gasteiger partial charge < -0.3 is 117 Å². The number of aromatic nitrogens is 2. The third-order valence-electron chi connectivity index (χ3n) is 13.5. The van der Waals surface area contributed by atoms with Crippen LogP contribution in [0.4, 0.5) is 0 Å². The molecule has 2 rings (SSSR count). The Labute approximate surface area is 540 Å². The Bertz CT molecular complexity index is 2930. The molecule has 522 valence electrons. The van der Waals surface area contributed by atoms with E-state index in [1.807, 2.05) is 10.6 Å². The number of carbonyl (C=O) groups excluding carboxylic acids is 14. The van der Waals surface area contributed by atoms with E-state index in [1.165, 1.54) is 12.5 Å². The summed E-state index contributed by atoms with van der Waals surface area (Å²) < 4.78 is 0. The van der Waals surface area contributed by atoms with Crippen molar-refractivity contribution in [1.82, 2.24) is 78.7 Å². The number of H-pyrrole nitrogens is 1. The molecule has 1 aliphatic heterocycles. The lowest BCUT2D eigenvalue weighted by Gasteiger charge is -2.27. The smallest absolute Gasteiger partial charge is 0.326 e. The number of hydrogen-bond acceptors (Lipinski definition) is 22. The maximum absolute atomic E-state index is 13.6. The van der Waals surface area contributed by atoms with Crippen molar-refractivity contribution in [3.8, 4) is 0 Å². The molecule has 1 aliphatic rings. The van der Waals surface area contributed by atoms with Gasteiger partial charge in [-0.15, -0.1) is 0 Å². The predicted molar refractivity (Wildman–Crippen MR) is 324 cm³/mol. The van der Waals surface area contributed by atoms with E-state index < -0.39 is 231 Å². The van der Waals surface area contributed by atoms with Crippen molar-refractivity contribution >= 4 is 119 Å². The Hall–Kier alpha value is -10.3. The number of carboxylic acid groups (broad SMARTS) is 3. The number of aromatic amines is 1. The number of primary amides is 1. The molecule has 1 saturated heterocycles. The molecule has 0 radical (unpaired) electrons. The highest BCUT2D eigenvalue weighted by molar-refractivity contribution is 7.80. The van der Waals surface area contributed by atoms with Gasteiger partial charge in [-0.1, -0.05) is 13.8 Å². The SMILES string of the molecule is CC(C)[C@H](NC(=O)[C@H](Cc1cnc[nH]1)NC(=O)[C@@H]1CCCN1C(=O)CNC(=O)CNC(=O)[C@H](CO)NC(=O)[C@H](CC(=O)O)NC(=O)CNC(=O)[C@H](CCC(N)=O)NC(=O)[C@H](CS)NC(=O)[C@H](C)NC(=O)[C@H](CC(=O)O)NC(=O)CNC(=O)[C@@H](N)CCCN=C(N)N)C(=O)O. The van der Waals surface area contributed by atoms with Crippen LogP contribution in [0, 0.1) is 5.92 Å². The van der Waals surface area contributed by atoms with Crippen LogP contribution in [-0.4, -0.2) is 254 Å². The van der Waals surface area contributed by atoms with Crippen LogP contribution >= 0.6 is 12.6 Å². The third-order valence-corrected chi connectivity index (χ3v) is 13.9. The molecule has 0 unspecified atom stereocenters. The average Bonchev–Trinajstić information content (AvgIpc) is 1.66. The van der Waals surface area contributed by atoms with Gasteiger partial charge in [-0.3, -0.25) is 81.7 Å². The molecule has 1 aromatic rings. The molecule has 0 saturated carbocycles. The Morgan fingerprint density at radius 2 is 1.16 bits per heavy atom. The summed E-state index contributed by atoms with van der Waals surface area (Å²) in [4.78, 5) is 229. The van der Waals surface area contributed by atoms with Crippen LogP contribution in [0.3, 0.4) is 0 Å². The van der Waals surface area contributed by atoms with Crippen LogP contribution in [0.2, 0.25) is 0 Å². The fourth-order valence-electron chi connectivity index (χ4n) is 8.49. The Balaban J connectivity index is 2.01. The van der Waals surface area contributed by atoms with Crippen molar-refractivity contribution in [1.29, 1.82) is 0 Å². The molecule has 0 spiro atoms. The van der Waals surface area contributed by atoms with Crippen LogP contribution in [-0.2, 0) is 87.9 Å². The first kappa shape index (κ1) is 79.8. The molecule has 1 fully saturated rings. The van der Waals surface area contributed by atoms with Crippen LogP contribution < -0.4 is 86.7 Å². The van der Waals surface area contributed by atoms with E-state index in [2.05, 4.69) is 80.8 Å². The number of thiol groups is 1. The number of aliphatic imine (C=N–C) groups is 1. The van der Waals surface area contributed by atoms with Crippen molar-refractivity contribution in [3.63, 3.8) is 0 Å². The predicted octanol–water partition coefficient (Wildman–Crippen LogP) is -11.4. The first-order chi connectivity index (χ1) is 44.2.